The lowest BCUT2D eigenvalue weighted by atomic mass is 9.93. The van der Waals surface area contributed by atoms with Gasteiger partial charge in [0.15, 0.2) is 4.96 Å². The van der Waals surface area contributed by atoms with Crippen molar-refractivity contribution in [3.63, 3.8) is 0 Å². The second-order valence-electron chi connectivity index (χ2n) is 4.46. The molecule has 2 N–H and O–H groups in total. The van der Waals surface area contributed by atoms with Crippen LogP contribution in [-0.2, 0) is 5.54 Å². The van der Waals surface area contributed by atoms with Gasteiger partial charge in [-0.3, -0.25) is 4.40 Å². The molecule has 0 unspecified atom stereocenters. The Morgan fingerprint density at radius 3 is 2.87 bits per heavy atom. The Morgan fingerprint density at radius 1 is 1.47 bits per heavy atom. The van der Waals surface area contributed by atoms with Crippen LogP contribution in [0.2, 0.25) is 0 Å². The average Bonchev–Trinajstić information content (AvgIpc) is 2.85. The van der Waals surface area contributed by atoms with Crippen molar-refractivity contribution in [1.29, 1.82) is 0 Å². The van der Waals surface area contributed by atoms with Crippen LogP contribution >= 0.6 is 11.3 Å². The summed E-state index contributed by atoms with van der Waals surface area (Å²) in [6.45, 7) is 2.12. The monoisotopic (exact) mass is 221 g/mol. The van der Waals surface area contributed by atoms with Gasteiger partial charge in [0.25, 0.3) is 0 Å². The van der Waals surface area contributed by atoms with Gasteiger partial charge >= 0.3 is 0 Å². The van der Waals surface area contributed by atoms with Gasteiger partial charge in [0, 0.05) is 17.3 Å². The van der Waals surface area contributed by atoms with E-state index in [0.717, 1.165) is 23.5 Å². The largest absolute Gasteiger partial charge is 0.320 e. The van der Waals surface area contributed by atoms with Gasteiger partial charge in [0.2, 0.25) is 0 Å². The molecule has 1 saturated carbocycles. The highest BCUT2D eigenvalue weighted by molar-refractivity contribution is 7.15. The van der Waals surface area contributed by atoms with Crippen LogP contribution in [-0.4, -0.2) is 9.38 Å². The van der Waals surface area contributed by atoms with Gasteiger partial charge in [-0.05, 0) is 19.8 Å². The Balaban J connectivity index is 2.17. The number of fused-ring (bicyclic) bond motifs is 1. The number of aryl methyl sites for hydroxylation is 1. The van der Waals surface area contributed by atoms with Crippen molar-refractivity contribution in [2.45, 2.75) is 38.1 Å². The van der Waals surface area contributed by atoms with Crippen LogP contribution in [0.15, 0.2) is 11.6 Å². The van der Waals surface area contributed by atoms with Crippen LogP contribution in [0.5, 0.6) is 0 Å². The quantitative estimate of drug-likeness (QED) is 0.803. The third kappa shape index (κ3) is 1.25. The van der Waals surface area contributed by atoms with Gasteiger partial charge in [0.1, 0.15) is 0 Å². The molecule has 0 atom stereocenters. The minimum absolute atomic E-state index is 0.157. The predicted octanol–water partition coefficient (Wildman–Crippen LogP) is 2.43. The van der Waals surface area contributed by atoms with E-state index in [1.165, 1.54) is 18.5 Å². The fourth-order valence-electron chi connectivity index (χ4n) is 2.61. The first-order chi connectivity index (χ1) is 7.21. The highest BCUT2D eigenvalue weighted by atomic mass is 32.1. The Kier molecular flexibility index (Phi) is 1.91. The SMILES string of the molecule is Cc1c(C2(N)CCCC2)nc2sccn12. The zero-order valence-corrected chi connectivity index (χ0v) is 9.68. The normalized spacial score (nSPS) is 20.1. The van der Waals surface area contributed by atoms with Crippen molar-refractivity contribution >= 4 is 16.3 Å². The van der Waals surface area contributed by atoms with Crippen molar-refractivity contribution in [3.8, 4) is 0 Å². The first kappa shape index (κ1) is 9.36. The molecule has 1 fully saturated rings. The van der Waals surface area contributed by atoms with E-state index in [2.05, 4.69) is 27.9 Å². The highest BCUT2D eigenvalue weighted by Gasteiger charge is 2.35. The lowest BCUT2D eigenvalue weighted by molar-refractivity contribution is 0.447. The second kappa shape index (κ2) is 3.06. The summed E-state index contributed by atoms with van der Waals surface area (Å²) in [7, 11) is 0. The van der Waals surface area contributed by atoms with E-state index in [4.69, 9.17) is 5.73 Å². The smallest absolute Gasteiger partial charge is 0.194 e. The number of nitrogens with two attached hydrogens (primary N) is 1. The summed E-state index contributed by atoms with van der Waals surface area (Å²) < 4.78 is 2.15. The first-order valence-corrected chi connectivity index (χ1v) is 6.30. The molecule has 2 heterocycles. The minimum atomic E-state index is -0.157. The fraction of sp³-hybridized carbons (Fsp3) is 0.545. The summed E-state index contributed by atoms with van der Waals surface area (Å²) in [5.41, 5.74) is 8.61. The van der Waals surface area contributed by atoms with Gasteiger partial charge in [-0.15, -0.1) is 11.3 Å². The van der Waals surface area contributed by atoms with Gasteiger partial charge in [0.05, 0.1) is 11.2 Å². The van der Waals surface area contributed by atoms with E-state index in [-0.39, 0.29) is 5.54 Å². The van der Waals surface area contributed by atoms with Crippen molar-refractivity contribution in [1.82, 2.24) is 9.38 Å². The number of aromatic nitrogens is 2. The Bertz CT molecular complexity index is 491. The van der Waals surface area contributed by atoms with Gasteiger partial charge in [-0.2, -0.15) is 0 Å². The summed E-state index contributed by atoms with van der Waals surface area (Å²) in [6.07, 6.45) is 6.71. The maximum atomic E-state index is 6.43. The molecule has 0 aliphatic heterocycles. The summed E-state index contributed by atoms with van der Waals surface area (Å²) in [5.74, 6) is 0. The highest BCUT2D eigenvalue weighted by Crippen LogP contribution is 2.37. The maximum absolute atomic E-state index is 6.43. The molecule has 3 nitrogen and oxygen atoms in total. The van der Waals surface area contributed by atoms with Gasteiger partial charge in [-0.1, -0.05) is 12.8 Å². The number of hydrogen-bond donors (Lipinski definition) is 1. The number of hydrogen-bond acceptors (Lipinski definition) is 3. The molecule has 0 bridgehead atoms. The molecule has 3 rings (SSSR count). The molecule has 2 aromatic rings. The molecular formula is C11H15N3S. The lowest BCUT2D eigenvalue weighted by Gasteiger charge is -2.21. The zero-order chi connectivity index (χ0) is 10.5. The zero-order valence-electron chi connectivity index (χ0n) is 8.86. The fourth-order valence-corrected chi connectivity index (χ4v) is 3.37. The molecule has 1 aliphatic carbocycles. The van der Waals surface area contributed by atoms with Crippen LogP contribution in [0.3, 0.4) is 0 Å². The molecule has 1 aliphatic rings. The Morgan fingerprint density at radius 2 is 2.20 bits per heavy atom. The van der Waals surface area contributed by atoms with Gasteiger partial charge in [-0.25, -0.2) is 4.98 Å². The molecule has 2 aromatic heterocycles. The predicted molar refractivity (Wildman–Crippen MR) is 62.1 cm³/mol. The number of rotatable bonds is 1. The van der Waals surface area contributed by atoms with Crippen LogP contribution in [0.25, 0.3) is 4.96 Å². The standard InChI is InChI=1S/C11H15N3S/c1-8-9(11(12)4-2-3-5-11)13-10-14(8)6-7-15-10/h6-7H,2-5,12H2,1H3. The van der Waals surface area contributed by atoms with Crippen LogP contribution < -0.4 is 5.73 Å². The molecule has 0 spiro atoms. The van der Waals surface area contributed by atoms with Gasteiger partial charge < -0.3 is 5.73 Å². The number of nitrogens with zero attached hydrogens (tertiary/aromatic N) is 2. The van der Waals surface area contributed by atoms with E-state index in [9.17, 15) is 0 Å². The van der Waals surface area contributed by atoms with Crippen LogP contribution in [0, 0.1) is 6.92 Å². The Hall–Kier alpha value is -0.870. The molecule has 0 amide bonds. The average molecular weight is 221 g/mol. The third-order valence-corrected chi connectivity index (χ3v) is 4.22. The topological polar surface area (TPSA) is 43.3 Å². The van der Waals surface area contributed by atoms with Crippen LogP contribution in [0.4, 0.5) is 0 Å². The molecule has 15 heavy (non-hydrogen) atoms. The summed E-state index contributed by atoms with van der Waals surface area (Å²) in [6, 6.07) is 0. The van der Waals surface area contributed by atoms with Crippen molar-refractivity contribution in [2.24, 2.45) is 5.73 Å². The van der Waals surface area contributed by atoms with E-state index < -0.39 is 0 Å². The van der Waals surface area contributed by atoms with Crippen LogP contribution in [0.1, 0.15) is 37.1 Å². The molecule has 0 saturated heterocycles. The van der Waals surface area contributed by atoms with E-state index in [0.29, 0.717) is 0 Å². The molecular weight excluding hydrogens is 206 g/mol. The molecule has 80 valence electrons. The van der Waals surface area contributed by atoms with E-state index in [1.54, 1.807) is 11.3 Å². The molecule has 0 radical (unpaired) electrons. The third-order valence-electron chi connectivity index (χ3n) is 3.47. The number of imidazole rings is 1. The minimum Gasteiger partial charge on any atom is -0.320 e. The second-order valence-corrected chi connectivity index (χ2v) is 5.34. The lowest BCUT2D eigenvalue weighted by Crippen LogP contribution is -2.34. The molecule has 0 aromatic carbocycles. The summed E-state index contributed by atoms with van der Waals surface area (Å²) >= 11 is 1.68. The van der Waals surface area contributed by atoms with E-state index in [1.807, 2.05) is 0 Å². The molecule has 4 heteroatoms. The number of thiazole rings is 1. The van der Waals surface area contributed by atoms with E-state index >= 15 is 0 Å². The van der Waals surface area contributed by atoms with Crippen molar-refractivity contribution in [2.75, 3.05) is 0 Å². The summed E-state index contributed by atoms with van der Waals surface area (Å²) in [5, 5.41) is 2.07. The van der Waals surface area contributed by atoms with Crippen molar-refractivity contribution < 1.29 is 0 Å². The Labute approximate surface area is 92.9 Å². The first-order valence-electron chi connectivity index (χ1n) is 5.42. The van der Waals surface area contributed by atoms with Crippen molar-refractivity contribution in [3.05, 3.63) is 23.0 Å². The maximum Gasteiger partial charge on any atom is 0.194 e. The summed E-state index contributed by atoms with van der Waals surface area (Å²) in [4.78, 5) is 5.75.